The molecule has 1 amide bonds. The highest BCUT2D eigenvalue weighted by molar-refractivity contribution is 8.04. The second kappa shape index (κ2) is 8.58. The van der Waals surface area contributed by atoms with Crippen LogP contribution in [0, 0.1) is 11.3 Å². The summed E-state index contributed by atoms with van der Waals surface area (Å²) in [5.41, 5.74) is 0.907. The van der Waals surface area contributed by atoms with Gasteiger partial charge in [-0.25, -0.2) is 4.79 Å². The number of ether oxygens (including phenoxy) is 2. The van der Waals surface area contributed by atoms with Crippen LogP contribution in [0.15, 0.2) is 47.4 Å². The molecule has 1 unspecified atom stereocenters. The summed E-state index contributed by atoms with van der Waals surface area (Å²) in [5, 5.41) is 24.4. The number of benzene rings is 2. The third kappa shape index (κ3) is 4.28. The van der Waals surface area contributed by atoms with Gasteiger partial charge in [0.1, 0.15) is 11.0 Å². The smallest absolute Gasteiger partial charge is 0.335 e. The van der Waals surface area contributed by atoms with E-state index in [0.717, 1.165) is 11.8 Å². The second-order valence-electron chi connectivity index (χ2n) is 5.89. The minimum absolute atomic E-state index is 0.0199. The Bertz CT molecular complexity index is 1040. The Kier molecular flexibility index (Phi) is 5.95. The number of carbonyl (C=O) groups is 2. The first-order valence-corrected chi connectivity index (χ1v) is 9.29. The summed E-state index contributed by atoms with van der Waals surface area (Å²) in [5.74, 6) is -0.495. The molecule has 3 N–H and O–H groups in total. The van der Waals surface area contributed by atoms with Crippen molar-refractivity contribution in [3.05, 3.63) is 64.1 Å². The van der Waals surface area contributed by atoms with E-state index in [1.54, 1.807) is 18.2 Å². The lowest BCUT2D eigenvalue weighted by atomic mass is 10.1. The SMILES string of the molecule is COc1ccc(C2=C(C#N)SC(NC(=O)c3cccc(C(=O)O)c3)N2)cc1OC. The number of carboxylic acids is 1. The third-order valence-corrected chi connectivity index (χ3v) is 5.15. The van der Waals surface area contributed by atoms with Crippen molar-refractivity contribution in [1.29, 1.82) is 5.26 Å². The van der Waals surface area contributed by atoms with Crippen LogP contribution < -0.4 is 20.1 Å². The van der Waals surface area contributed by atoms with Crippen molar-refractivity contribution in [1.82, 2.24) is 10.6 Å². The van der Waals surface area contributed by atoms with Gasteiger partial charge in [0.15, 0.2) is 17.0 Å². The number of nitriles is 1. The average Bonchev–Trinajstić information content (AvgIpc) is 3.15. The number of amides is 1. The lowest BCUT2D eigenvalue weighted by Gasteiger charge is -2.15. The molecule has 2 aromatic carbocycles. The molecule has 0 aliphatic carbocycles. The molecular weight excluding hydrogens is 394 g/mol. The summed E-state index contributed by atoms with van der Waals surface area (Å²) < 4.78 is 10.5. The number of nitrogens with zero attached hydrogens (tertiary/aromatic N) is 1. The van der Waals surface area contributed by atoms with E-state index in [-0.39, 0.29) is 11.1 Å². The van der Waals surface area contributed by atoms with Gasteiger partial charge in [0, 0.05) is 11.1 Å². The number of aromatic carboxylic acids is 1. The Hall–Kier alpha value is -3.64. The van der Waals surface area contributed by atoms with Crippen LogP contribution in [-0.4, -0.2) is 36.7 Å². The molecule has 0 radical (unpaired) electrons. The summed E-state index contributed by atoms with van der Waals surface area (Å²) in [6.45, 7) is 0. The number of carboxylic acid groups (broad SMARTS) is 1. The summed E-state index contributed by atoms with van der Waals surface area (Å²) >= 11 is 1.16. The first-order chi connectivity index (χ1) is 14.0. The quantitative estimate of drug-likeness (QED) is 0.663. The van der Waals surface area contributed by atoms with Gasteiger partial charge in [-0.2, -0.15) is 5.26 Å². The van der Waals surface area contributed by atoms with Gasteiger partial charge >= 0.3 is 5.97 Å². The average molecular weight is 411 g/mol. The standard InChI is InChI=1S/C20H17N3O5S/c1-27-14-7-6-11(9-15(14)28-2)17-16(10-21)29-20(22-17)23-18(24)12-4-3-5-13(8-12)19(25)26/h3-9,20,22H,1-2H3,(H,23,24)(H,25,26). The summed E-state index contributed by atoms with van der Waals surface area (Å²) in [4.78, 5) is 24.0. The molecule has 1 atom stereocenters. The fourth-order valence-electron chi connectivity index (χ4n) is 2.75. The number of carbonyl (C=O) groups excluding carboxylic acids is 1. The van der Waals surface area contributed by atoms with Crippen LogP contribution in [-0.2, 0) is 0 Å². The molecule has 1 heterocycles. The molecule has 9 heteroatoms. The van der Waals surface area contributed by atoms with Crippen molar-refractivity contribution >= 4 is 29.3 Å². The van der Waals surface area contributed by atoms with Gasteiger partial charge in [0.2, 0.25) is 0 Å². The van der Waals surface area contributed by atoms with Crippen molar-refractivity contribution in [2.75, 3.05) is 14.2 Å². The van der Waals surface area contributed by atoms with Gasteiger partial charge in [-0.15, -0.1) is 0 Å². The van der Waals surface area contributed by atoms with E-state index in [2.05, 4.69) is 16.7 Å². The molecule has 29 heavy (non-hydrogen) atoms. The number of hydrogen-bond donors (Lipinski definition) is 3. The molecule has 0 saturated carbocycles. The Morgan fingerprint density at radius 2 is 1.86 bits per heavy atom. The van der Waals surface area contributed by atoms with Crippen molar-refractivity contribution in [3.63, 3.8) is 0 Å². The summed E-state index contributed by atoms with van der Waals surface area (Å²) in [6.07, 6.45) is 0. The minimum Gasteiger partial charge on any atom is -0.493 e. The van der Waals surface area contributed by atoms with Crippen molar-refractivity contribution in [3.8, 4) is 17.6 Å². The first kappa shape index (κ1) is 20.1. The second-order valence-corrected chi connectivity index (χ2v) is 7.00. The zero-order valence-corrected chi connectivity index (χ0v) is 16.4. The topological polar surface area (TPSA) is 121 Å². The van der Waals surface area contributed by atoms with Crippen molar-refractivity contribution < 1.29 is 24.2 Å². The maximum absolute atomic E-state index is 12.5. The summed E-state index contributed by atoms with van der Waals surface area (Å²) in [7, 11) is 3.05. The molecule has 0 aromatic heterocycles. The molecule has 148 valence electrons. The molecule has 2 aromatic rings. The fraction of sp³-hybridized carbons (Fsp3) is 0.150. The van der Waals surface area contributed by atoms with E-state index in [1.807, 2.05) is 0 Å². The molecule has 1 aliphatic rings. The number of nitrogens with one attached hydrogen (secondary N) is 2. The maximum atomic E-state index is 12.5. The predicted octanol–water partition coefficient (Wildman–Crippen LogP) is 2.64. The number of thioether (sulfide) groups is 1. The first-order valence-electron chi connectivity index (χ1n) is 8.41. The van der Waals surface area contributed by atoms with Crippen molar-refractivity contribution in [2.45, 2.75) is 5.50 Å². The molecule has 0 saturated heterocycles. The van der Waals surface area contributed by atoms with E-state index < -0.39 is 17.4 Å². The molecule has 8 nitrogen and oxygen atoms in total. The Morgan fingerprint density at radius 1 is 1.14 bits per heavy atom. The molecule has 0 fully saturated rings. The molecule has 1 aliphatic heterocycles. The van der Waals surface area contributed by atoms with Crippen LogP contribution in [0.3, 0.4) is 0 Å². The van der Waals surface area contributed by atoms with Crippen LogP contribution in [0.5, 0.6) is 11.5 Å². The highest BCUT2D eigenvalue weighted by Gasteiger charge is 2.27. The number of rotatable bonds is 6. The van der Waals surface area contributed by atoms with Crippen LogP contribution >= 0.6 is 11.8 Å². The normalized spacial score (nSPS) is 15.3. The highest BCUT2D eigenvalue weighted by atomic mass is 32.2. The van der Waals surface area contributed by atoms with Crippen LogP contribution in [0.1, 0.15) is 26.3 Å². The molecular formula is C20H17N3O5S. The molecule has 3 rings (SSSR count). The molecule has 0 spiro atoms. The van der Waals surface area contributed by atoms with E-state index in [4.69, 9.17) is 14.6 Å². The highest BCUT2D eigenvalue weighted by Crippen LogP contribution is 2.37. The minimum atomic E-state index is -1.11. The van der Waals surface area contributed by atoms with Gasteiger partial charge in [-0.1, -0.05) is 17.8 Å². The Balaban J connectivity index is 1.78. The number of hydrogen-bond acceptors (Lipinski definition) is 7. The predicted molar refractivity (Wildman–Crippen MR) is 107 cm³/mol. The Labute approximate surface area is 171 Å². The lowest BCUT2D eigenvalue weighted by Crippen LogP contribution is -2.39. The van der Waals surface area contributed by atoms with E-state index >= 15 is 0 Å². The van der Waals surface area contributed by atoms with Gasteiger partial charge < -0.3 is 25.2 Å². The molecule has 0 bridgehead atoms. The number of allylic oxidation sites excluding steroid dienone is 1. The maximum Gasteiger partial charge on any atom is 0.335 e. The largest absolute Gasteiger partial charge is 0.493 e. The van der Waals surface area contributed by atoms with E-state index in [1.165, 1.54) is 38.5 Å². The number of methoxy groups -OCH3 is 2. The van der Waals surface area contributed by atoms with Crippen LogP contribution in [0.4, 0.5) is 0 Å². The Morgan fingerprint density at radius 3 is 2.52 bits per heavy atom. The van der Waals surface area contributed by atoms with Crippen molar-refractivity contribution in [2.24, 2.45) is 0 Å². The van der Waals surface area contributed by atoms with Gasteiger partial charge in [0.05, 0.1) is 25.5 Å². The summed E-state index contributed by atoms with van der Waals surface area (Å²) in [6, 6.07) is 13.1. The van der Waals surface area contributed by atoms with Gasteiger partial charge in [-0.05, 0) is 36.4 Å². The van der Waals surface area contributed by atoms with Gasteiger partial charge in [-0.3, -0.25) is 4.79 Å². The monoisotopic (exact) mass is 411 g/mol. The zero-order chi connectivity index (χ0) is 21.0. The van der Waals surface area contributed by atoms with E-state index in [9.17, 15) is 14.9 Å². The van der Waals surface area contributed by atoms with Gasteiger partial charge in [0.25, 0.3) is 5.91 Å². The third-order valence-electron chi connectivity index (χ3n) is 4.15. The zero-order valence-electron chi connectivity index (χ0n) is 15.6. The van der Waals surface area contributed by atoms with Crippen LogP contribution in [0.2, 0.25) is 0 Å². The lowest BCUT2D eigenvalue weighted by molar-refractivity contribution is 0.0697. The van der Waals surface area contributed by atoms with E-state index in [0.29, 0.717) is 27.7 Å². The fourth-order valence-corrected chi connectivity index (χ4v) is 3.68. The van der Waals surface area contributed by atoms with Crippen LogP contribution in [0.25, 0.3) is 5.70 Å².